The Morgan fingerprint density at radius 3 is 2.53 bits per heavy atom. The van der Waals surface area contributed by atoms with Crippen LogP contribution in [-0.2, 0) is 6.42 Å². The Hall–Kier alpha value is -0.980. The van der Waals surface area contributed by atoms with Crippen molar-refractivity contribution in [1.29, 1.82) is 0 Å². The first-order chi connectivity index (χ1) is 8.29. The summed E-state index contributed by atoms with van der Waals surface area (Å²) in [5, 5.41) is 0. The lowest BCUT2D eigenvalue weighted by Crippen LogP contribution is -2.29. The van der Waals surface area contributed by atoms with E-state index in [9.17, 15) is 0 Å². The molecule has 0 aliphatic carbocycles. The van der Waals surface area contributed by atoms with E-state index in [-0.39, 0.29) is 6.04 Å². The molecule has 1 heterocycles. The van der Waals surface area contributed by atoms with Crippen LogP contribution in [0.3, 0.4) is 0 Å². The number of hydrogen-bond donors (Lipinski definition) is 2. The van der Waals surface area contributed by atoms with Crippen molar-refractivity contribution in [2.24, 2.45) is 5.84 Å². The number of benzene rings is 1. The molecule has 17 heavy (non-hydrogen) atoms. The van der Waals surface area contributed by atoms with E-state index in [1.54, 1.807) is 6.20 Å². The van der Waals surface area contributed by atoms with Gasteiger partial charge in [-0.3, -0.25) is 16.3 Å². The third-order valence-electron chi connectivity index (χ3n) is 2.61. The van der Waals surface area contributed by atoms with Crippen LogP contribution in [-0.4, -0.2) is 4.98 Å². The summed E-state index contributed by atoms with van der Waals surface area (Å²) in [6, 6.07) is 14.4. The molecular weight excluding hydrogens is 325 g/mol. The van der Waals surface area contributed by atoms with Gasteiger partial charge < -0.3 is 0 Å². The second kappa shape index (κ2) is 6.09. The summed E-state index contributed by atoms with van der Waals surface area (Å²) in [6.45, 7) is 0. The highest BCUT2D eigenvalue weighted by molar-refractivity contribution is 14.1. The molecule has 0 fully saturated rings. The topological polar surface area (TPSA) is 50.9 Å². The maximum absolute atomic E-state index is 5.61. The average Bonchev–Trinajstić information content (AvgIpc) is 2.38. The molecule has 0 saturated heterocycles. The smallest absolute Gasteiger partial charge is 0.0515 e. The van der Waals surface area contributed by atoms with Crippen molar-refractivity contribution < 1.29 is 0 Å². The number of rotatable bonds is 4. The molecule has 3 N–H and O–H groups in total. The molecule has 2 rings (SSSR count). The molecular formula is C13H14IN3. The lowest BCUT2D eigenvalue weighted by molar-refractivity contribution is 0.546. The van der Waals surface area contributed by atoms with Crippen LogP contribution in [0.25, 0.3) is 0 Å². The van der Waals surface area contributed by atoms with E-state index < -0.39 is 0 Å². The predicted molar refractivity (Wildman–Crippen MR) is 77.2 cm³/mol. The van der Waals surface area contributed by atoms with Gasteiger partial charge in [0.25, 0.3) is 0 Å². The van der Waals surface area contributed by atoms with Crippen molar-refractivity contribution in [2.75, 3.05) is 0 Å². The zero-order chi connectivity index (χ0) is 12.1. The van der Waals surface area contributed by atoms with E-state index >= 15 is 0 Å². The third-order valence-corrected chi connectivity index (χ3v) is 3.33. The number of nitrogens with one attached hydrogen (secondary N) is 1. The second-order valence-electron chi connectivity index (χ2n) is 3.80. The average molecular weight is 339 g/mol. The van der Waals surface area contributed by atoms with Crippen molar-refractivity contribution in [2.45, 2.75) is 12.5 Å². The number of nitrogens with two attached hydrogens (primary N) is 1. The van der Waals surface area contributed by atoms with Crippen LogP contribution in [0.4, 0.5) is 0 Å². The van der Waals surface area contributed by atoms with Crippen molar-refractivity contribution >= 4 is 22.6 Å². The summed E-state index contributed by atoms with van der Waals surface area (Å²) in [4.78, 5) is 4.31. The number of hydrazine groups is 1. The van der Waals surface area contributed by atoms with Crippen molar-refractivity contribution in [3.8, 4) is 0 Å². The maximum Gasteiger partial charge on any atom is 0.0515 e. The Morgan fingerprint density at radius 2 is 1.94 bits per heavy atom. The Morgan fingerprint density at radius 1 is 1.18 bits per heavy atom. The van der Waals surface area contributed by atoms with Crippen LogP contribution < -0.4 is 11.3 Å². The number of nitrogens with zero attached hydrogens (tertiary/aromatic N) is 1. The molecule has 0 saturated carbocycles. The molecule has 1 aromatic heterocycles. The first-order valence-corrected chi connectivity index (χ1v) is 6.49. The molecule has 88 valence electrons. The van der Waals surface area contributed by atoms with Crippen LogP contribution >= 0.6 is 22.6 Å². The number of halogens is 1. The monoisotopic (exact) mass is 339 g/mol. The van der Waals surface area contributed by atoms with Crippen LogP contribution in [0.5, 0.6) is 0 Å². The van der Waals surface area contributed by atoms with Crippen molar-refractivity contribution in [3.05, 3.63) is 63.5 Å². The molecule has 0 spiro atoms. The SMILES string of the molecule is NNC(Cc1ccccn1)c1ccc(I)cc1. The minimum atomic E-state index is 0.0990. The summed E-state index contributed by atoms with van der Waals surface area (Å²) in [5.74, 6) is 5.61. The Bertz CT molecular complexity index is 456. The molecule has 0 amide bonds. The van der Waals surface area contributed by atoms with E-state index in [0.717, 1.165) is 12.1 Å². The van der Waals surface area contributed by atoms with Gasteiger partial charge >= 0.3 is 0 Å². The lowest BCUT2D eigenvalue weighted by Gasteiger charge is -2.15. The van der Waals surface area contributed by atoms with Gasteiger partial charge in [0.1, 0.15) is 0 Å². The first-order valence-electron chi connectivity index (χ1n) is 5.41. The fourth-order valence-electron chi connectivity index (χ4n) is 1.70. The highest BCUT2D eigenvalue weighted by Gasteiger charge is 2.10. The van der Waals surface area contributed by atoms with E-state index in [0.29, 0.717) is 0 Å². The standard InChI is InChI=1S/C13H14IN3/c14-11-6-4-10(5-7-11)13(17-15)9-12-3-1-2-8-16-12/h1-8,13,17H,9,15H2. The second-order valence-corrected chi connectivity index (χ2v) is 5.04. The molecule has 0 bridgehead atoms. The van der Waals surface area contributed by atoms with Crippen LogP contribution in [0.1, 0.15) is 17.3 Å². The fourth-order valence-corrected chi connectivity index (χ4v) is 2.06. The zero-order valence-corrected chi connectivity index (χ0v) is 11.5. The van der Waals surface area contributed by atoms with Crippen LogP contribution in [0.15, 0.2) is 48.7 Å². The van der Waals surface area contributed by atoms with Gasteiger partial charge in [-0.1, -0.05) is 18.2 Å². The molecule has 0 aliphatic rings. The van der Waals surface area contributed by atoms with Crippen LogP contribution in [0, 0.1) is 3.57 Å². The number of pyridine rings is 1. The molecule has 1 aromatic carbocycles. The first kappa shape index (κ1) is 12.5. The predicted octanol–water partition coefficient (Wildman–Crippen LogP) is 2.43. The van der Waals surface area contributed by atoms with Gasteiger partial charge in [0.15, 0.2) is 0 Å². The summed E-state index contributed by atoms with van der Waals surface area (Å²) in [7, 11) is 0. The summed E-state index contributed by atoms with van der Waals surface area (Å²) >= 11 is 2.29. The Kier molecular flexibility index (Phi) is 4.47. The summed E-state index contributed by atoms with van der Waals surface area (Å²) in [5.41, 5.74) is 5.06. The van der Waals surface area contributed by atoms with Crippen LogP contribution in [0.2, 0.25) is 0 Å². The summed E-state index contributed by atoms with van der Waals surface area (Å²) in [6.07, 6.45) is 2.59. The van der Waals surface area contributed by atoms with E-state index in [1.165, 1.54) is 9.13 Å². The number of aromatic nitrogens is 1. The van der Waals surface area contributed by atoms with Gasteiger partial charge in [-0.05, 0) is 52.4 Å². The zero-order valence-electron chi connectivity index (χ0n) is 9.31. The quantitative estimate of drug-likeness (QED) is 0.511. The maximum atomic E-state index is 5.61. The van der Waals surface area contributed by atoms with Gasteiger partial charge in [0.2, 0.25) is 0 Å². The number of hydrogen-bond acceptors (Lipinski definition) is 3. The third kappa shape index (κ3) is 3.49. The Labute approximate surface area is 115 Å². The van der Waals surface area contributed by atoms with Crippen molar-refractivity contribution in [1.82, 2.24) is 10.4 Å². The van der Waals surface area contributed by atoms with Gasteiger partial charge in [-0.2, -0.15) is 0 Å². The fraction of sp³-hybridized carbons (Fsp3) is 0.154. The van der Waals surface area contributed by atoms with Gasteiger partial charge in [0.05, 0.1) is 6.04 Å². The minimum absolute atomic E-state index is 0.0990. The van der Waals surface area contributed by atoms with E-state index in [2.05, 4.69) is 57.3 Å². The molecule has 4 heteroatoms. The molecule has 1 atom stereocenters. The minimum Gasteiger partial charge on any atom is -0.271 e. The normalized spacial score (nSPS) is 12.4. The van der Waals surface area contributed by atoms with E-state index in [4.69, 9.17) is 5.84 Å². The Balaban J connectivity index is 2.14. The largest absolute Gasteiger partial charge is 0.271 e. The molecule has 1 unspecified atom stereocenters. The highest BCUT2D eigenvalue weighted by atomic mass is 127. The van der Waals surface area contributed by atoms with Crippen molar-refractivity contribution in [3.63, 3.8) is 0 Å². The molecule has 2 aromatic rings. The lowest BCUT2D eigenvalue weighted by atomic mass is 10.0. The van der Waals surface area contributed by atoms with E-state index in [1.807, 2.05) is 18.2 Å². The molecule has 0 radical (unpaired) electrons. The van der Waals surface area contributed by atoms with Gasteiger partial charge in [0, 0.05) is 21.9 Å². The van der Waals surface area contributed by atoms with Gasteiger partial charge in [-0.15, -0.1) is 0 Å². The highest BCUT2D eigenvalue weighted by Crippen LogP contribution is 2.17. The molecule has 3 nitrogen and oxygen atoms in total. The molecule has 0 aliphatic heterocycles. The van der Waals surface area contributed by atoms with Gasteiger partial charge in [-0.25, -0.2) is 0 Å². The summed E-state index contributed by atoms with van der Waals surface area (Å²) < 4.78 is 1.22.